The van der Waals surface area contributed by atoms with Gasteiger partial charge in [-0.05, 0) is 50.8 Å². The fourth-order valence-electron chi connectivity index (χ4n) is 3.67. The molecular formula is C21H34N2O3. The van der Waals surface area contributed by atoms with Crippen LogP contribution in [0.2, 0.25) is 0 Å². The molecule has 5 nitrogen and oxygen atoms in total. The number of ether oxygens (including phenoxy) is 1. The Morgan fingerprint density at radius 2 is 1.92 bits per heavy atom. The molecule has 5 heteroatoms. The Labute approximate surface area is 157 Å². The fraction of sp³-hybridized carbons (Fsp3) is 0.667. The van der Waals surface area contributed by atoms with Crippen LogP contribution < -0.4 is 4.74 Å². The summed E-state index contributed by atoms with van der Waals surface area (Å²) < 4.78 is 5.45. The summed E-state index contributed by atoms with van der Waals surface area (Å²) in [6.07, 6.45) is 1.24. The zero-order valence-electron chi connectivity index (χ0n) is 16.6. The first-order valence-corrected chi connectivity index (χ1v) is 9.71. The Bertz CT molecular complexity index is 566. The highest BCUT2D eigenvalue weighted by atomic mass is 16.5. The summed E-state index contributed by atoms with van der Waals surface area (Å²) in [6, 6.07) is 8.18. The minimum atomic E-state index is -0.917. The van der Waals surface area contributed by atoms with E-state index < -0.39 is 6.10 Å². The van der Waals surface area contributed by atoms with Crippen molar-refractivity contribution < 1.29 is 14.6 Å². The summed E-state index contributed by atoms with van der Waals surface area (Å²) in [5.74, 6) is 1.71. The number of aliphatic hydroxyl groups is 1. The summed E-state index contributed by atoms with van der Waals surface area (Å²) in [6.45, 7) is 10.2. The average Bonchev–Trinajstić information content (AvgIpc) is 2.62. The number of carbonyl (C=O) groups excluding carboxylic acids is 1. The van der Waals surface area contributed by atoms with Gasteiger partial charge in [0.2, 0.25) is 0 Å². The van der Waals surface area contributed by atoms with Gasteiger partial charge in [0.1, 0.15) is 11.9 Å². The van der Waals surface area contributed by atoms with Crippen LogP contribution in [0.25, 0.3) is 0 Å². The molecule has 0 radical (unpaired) electrons. The standard InChI is InChI=1S/C21H34N2O3/c1-16(2)13-23(21(25)17(3)24)14-18-9-11-22(12-10-18)15-19-7-5-6-8-20(19)26-4/h5-8,16-18,24H,9-15H2,1-4H3/t17-/m0/s1. The van der Waals surface area contributed by atoms with Crippen molar-refractivity contribution in [3.8, 4) is 5.75 Å². The maximum absolute atomic E-state index is 12.3. The Balaban J connectivity index is 1.87. The van der Waals surface area contributed by atoms with Crippen molar-refractivity contribution in [3.05, 3.63) is 29.8 Å². The quantitative estimate of drug-likeness (QED) is 0.773. The summed E-state index contributed by atoms with van der Waals surface area (Å²) in [5.41, 5.74) is 1.22. The van der Waals surface area contributed by atoms with Gasteiger partial charge in [-0.25, -0.2) is 0 Å². The van der Waals surface area contributed by atoms with Crippen LogP contribution in [-0.4, -0.2) is 60.2 Å². The lowest BCUT2D eigenvalue weighted by atomic mass is 9.95. The molecule has 2 rings (SSSR count). The topological polar surface area (TPSA) is 53.0 Å². The number of methoxy groups -OCH3 is 1. The number of rotatable bonds is 8. The highest BCUT2D eigenvalue weighted by molar-refractivity contribution is 5.80. The van der Waals surface area contributed by atoms with E-state index in [2.05, 4.69) is 30.9 Å². The van der Waals surface area contributed by atoms with Crippen molar-refractivity contribution in [2.45, 2.75) is 46.3 Å². The van der Waals surface area contributed by atoms with Gasteiger partial charge < -0.3 is 14.7 Å². The van der Waals surface area contributed by atoms with Gasteiger partial charge >= 0.3 is 0 Å². The molecule has 0 bridgehead atoms. The van der Waals surface area contributed by atoms with E-state index in [1.165, 1.54) is 5.56 Å². The zero-order chi connectivity index (χ0) is 19.1. The molecular weight excluding hydrogens is 328 g/mol. The maximum Gasteiger partial charge on any atom is 0.251 e. The second kappa shape index (κ2) is 9.93. The molecule has 1 aromatic rings. The van der Waals surface area contributed by atoms with Gasteiger partial charge in [0.25, 0.3) is 5.91 Å². The van der Waals surface area contributed by atoms with Gasteiger partial charge in [-0.3, -0.25) is 9.69 Å². The largest absolute Gasteiger partial charge is 0.496 e. The van der Waals surface area contributed by atoms with Crippen LogP contribution in [0.15, 0.2) is 24.3 Å². The monoisotopic (exact) mass is 362 g/mol. The number of aliphatic hydroxyl groups excluding tert-OH is 1. The molecule has 1 N–H and O–H groups in total. The number of hydrogen-bond donors (Lipinski definition) is 1. The predicted molar refractivity (Wildman–Crippen MR) is 104 cm³/mol. The fourth-order valence-corrected chi connectivity index (χ4v) is 3.67. The molecule has 146 valence electrons. The highest BCUT2D eigenvalue weighted by Crippen LogP contribution is 2.24. The first-order chi connectivity index (χ1) is 12.4. The molecule has 1 aliphatic heterocycles. The molecule has 0 aliphatic carbocycles. The molecule has 0 saturated carbocycles. The lowest BCUT2D eigenvalue weighted by Gasteiger charge is -2.36. The molecule has 1 atom stereocenters. The van der Waals surface area contributed by atoms with Gasteiger partial charge in [-0.2, -0.15) is 0 Å². The van der Waals surface area contributed by atoms with Crippen LogP contribution in [0, 0.1) is 11.8 Å². The van der Waals surface area contributed by atoms with Gasteiger partial charge in [0.15, 0.2) is 0 Å². The Morgan fingerprint density at radius 3 is 2.50 bits per heavy atom. The first kappa shape index (κ1) is 20.7. The van der Waals surface area contributed by atoms with Gasteiger partial charge in [-0.15, -0.1) is 0 Å². The molecule has 1 fully saturated rings. The summed E-state index contributed by atoms with van der Waals surface area (Å²) in [4.78, 5) is 16.6. The number of benzene rings is 1. The molecule has 0 spiro atoms. The van der Waals surface area contributed by atoms with Gasteiger partial charge in [-0.1, -0.05) is 32.0 Å². The van der Waals surface area contributed by atoms with E-state index in [-0.39, 0.29) is 5.91 Å². The molecule has 1 heterocycles. The molecule has 0 unspecified atom stereocenters. The summed E-state index contributed by atoms with van der Waals surface area (Å²) in [7, 11) is 1.72. The first-order valence-electron chi connectivity index (χ1n) is 9.71. The summed E-state index contributed by atoms with van der Waals surface area (Å²) in [5, 5.41) is 9.68. The Hall–Kier alpha value is -1.59. The third kappa shape index (κ3) is 5.99. The molecule has 26 heavy (non-hydrogen) atoms. The Kier molecular flexibility index (Phi) is 7.91. The van der Waals surface area contributed by atoms with E-state index in [9.17, 15) is 9.90 Å². The number of carbonyl (C=O) groups is 1. The van der Waals surface area contributed by atoms with Crippen molar-refractivity contribution in [3.63, 3.8) is 0 Å². The van der Waals surface area contributed by atoms with E-state index in [4.69, 9.17) is 4.74 Å². The SMILES string of the molecule is COc1ccccc1CN1CCC(CN(CC(C)C)C(=O)[C@H](C)O)CC1. The molecule has 1 aliphatic rings. The van der Waals surface area contributed by atoms with E-state index >= 15 is 0 Å². The number of hydrogen-bond acceptors (Lipinski definition) is 4. The second-order valence-corrected chi connectivity index (χ2v) is 7.84. The van der Waals surface area contributed by atoms with E-state index in [1.807, 2.05) is 17.0 Å². The van der Waals surface area contributed by atoms with Crippen LogP contribution in [0.3, 0.4) is 0 Å². The smallest absolute Gasteiger partial charge is 0.251 e. The van der Waals surface area contributed by atoms with Crippen LogP contribution >= 0.6 is 0 Å². The van der Waals surface area contributed by atoms with Gasteiger partial charge in [0, 0.05) is 25.2 Å². The van der Waals surface area contributed by atoms with Crippen molar-refractivity contribution >= 4 is 5.91 Å². The molecule has 1 saturated heterocycles. The zero-order valence-corrected chi connectivity index (χ0v) is 16.6. The van der Waals surface area contributed by atoms with Crippen molar-refractivity contribution in [2.75, 3.05) is 33.3 Å². The lowest BCUT2D eigenvalue weighted by molar-refractivity contribution is -0.140. The minimum Gasteiger partial charge on any atom is -0.496 e. The molecule has 1 aromatic carbocycles. The van der Waals surface area contributed by atoms with Crippen molar-refractivity contribution in [2.24, 2.45) is 11.8 Å². The maximum atomic E-state index is 12.3. The number of likely N-dealkylation sites (tertiary alicyclic amines) is 1. The van der Waals surface area contributed by atoms with E-state index in [0.29, 0.717) is 18.4 Å². The van der Waals surface area contributed by atoms with Crippen LogP contribution in [-0.2, 0) is 11.3 Å². The van der Waals surface area contributed by atoms with Crippen LogP contribution in [0.5, 0.6) is 5.75 Å². The third-order valence-corrected chi connectivity index (χ3v) is 5.03. The number of nitrogens with zero attached hydrogens (tertiary/aromatic N) is 2. The Morgan fingerprint density at radius 1 is 1.27 bits per heavy atom. The number of amides is 1. The van der Waals surface area contributed by atoms with Crippen molar-refractivity contribution in [1.82, 2.24) is 9.80 Å². The predicted octanol–water partition coefficient (Wildman–Crippen LogP) is 2.77. The normalized spacial score (nSPS) is 17.3. The average molecular weight is 363 g/mol. The molecule has 0 aromatic heterocycles. The highest BCUT2D eigenvalue weighted by Gasteiger charge is 2.26. The third-order valence-electron chi connectivity index (χ3n) is 5.03. The minimum absolute atomic E-state index is 0.143. The van der Waals surface area contributed by atoms with Crippen LogP contribution in [0.4, 0.5) is 0 Å². The van der Waals surface area contributed by atoms with Crippen LogP contribution in [0.1, 0.15) is 39.2 Å². The van der Waals surface area contributed by atoms with E-state index in [1.54, 1.807) is 14.0 Å². The lowest BCUT2D eigenvalue weighted by Crippen LogP contribution is -2.45. The van der Waals surface area contributed by atoms with E-state index in [0.717, 1.165) is 44.8 Å². The molecule has 1 amide bonds. The number of piperidine rings is 1. The van der Waals surface area contributed by atoms with Gasteiger partial charge in [0.05, 0.1) is 7.11 Å². The van der Waals surface area contributed by atoms with Crippen molar-refractivity contribution in [1.29, 1.82) is 0 Å². The second-order valence-electron chi connectivity index (χ2n) is 7.84. The summed E-state index contributed by atoms with van der Waals surface area (Å²) >= 11 is 0. The number of para-hydroxylation sites is 1.